The summed E-state index contributed by atoms with van der Waals surface area (Å²) in [6.07, 6.45) is 0. The van der Waals surface area contributed by atoms with Gasteiger partial charge in [0.15, 0.2) is 0 Å². The van der Waals surface area contributed by atoms with Crippen molar-refractivity contribution in [3.63, 3.8) is 0 Å². The minimum Gasteiger partial charge on any atom is -0.325 e. The van der Waals surface area contributed by atoms with Crippen LogP contribution < -0.4 is 0 Å². The van der Waals surface area contributed by atoms with Gasteiger partial charge in [-0.3, -0.25) is 0 Å². The van der Waals surface area contributed by atoms with Gasteiger partial charge in [-0.1, -0.05) is 45.4 Å². The molecule has 0 unspecified atom stereocenters. The average Bonchev–Trinajstić information content (AvgIpc) is 2.74. The molecule has 0 amide bonds. The standard InChI is InChI=1S/C16H22Cl2N2/c1-10(2)12(11(3)4)9-20-15(8-17)19-14-7-5-6-13(18)16(14)20/h5-7,10-12H,8-9H2,1-4H3. The zero-order valence-electron chi connectivity index (χ0n) is 12.5. The molecule has 0 radical (unpaired) electrons. The smallest absolute Gasteiger partial charge is 0.124 e. The van der Waals surface area contributed by atoms with Crippen LogP contribution in [0.5, 0.6) is 0 Å². The molecular weight excluding hydrogens is 291 g/mol. The highest BCUT2D eigenvalue weighted by Gasteiger charge is 2.21. The fourth-order valence-corrected chi connectivity index (χ4v) is 3.37. The molecule has 0 saturated carbocycles. The van der Waals surface area contributed by atoms with E-state index in [1.807, 2.05) is 18.2 Å². The maximum absolute atomic E-state index is 6.37. The van der Waals surface area contributed by atoms with Gasteiger partial charge in [0.25, 0.3) is 0 Å². The first-order valence-electron chi connectivity index (χ1n) is 7.15. The van der Waals surface area contributed by atoms with E-state index in [4.69, 9.17) is 23.2 Å². The van der Waals surface area contributed by atoms with Gasteiger partial charge >= 0.3 is 0 Å². The minimum atomic E-state index is 0.411. The molecule has 0 saturated heterocycles. The lowest BCUT2D eigenvalue weighted by Crippen LogP contribution is -2.22. The highest BCUT2D eigenvalue weighted by Crippen LogP contribution is 2.29. The van der Waals surface area contributed by atoms with Crippen LogP contribution in [0, 0.1) is 17.8 Å². The molecule has 0 fully saturated rings. The Labute approximate surface area is 131 Å². The quantitative estimate of drug-likeness (QED) is 0.680. The van der Waals surface area contributed by atoms with Crippen LogP contribution >= 0.6 is 23.2 Å². The summed E-state index contributed by atoms with van der Waals surface area (Å²) in [7, 11) is 0. The van der Waals surface area contributed by atoms with E-state index in [-0.39, 0.29) is 0 Å². The van der Waals surface area contributed by atoms with E-state index in [2.05, 4.69) is 37.2 Å². The van der Waals surface area contributed by atoms with Crippen LogP contribution in [0.3, 0.4) is 0 Å². The minimum absolute atomic E-state index is 0.411. The van der Waals surface area contributed by atoms with E-state index in [0.717, 1.165) is 28.4 Å². The maximum atomic E-state index is 6.37. The Bertz CT molecular complexity index is 579. The molecule has 2 rings (SSSR count). The summed E-state index contributed by atoms with van der Waals surface area (Å²) in [6.45, 7) is 9.99. The predicted molar refractivity (Wildman–Crippen MR) is 87.5 cm³/mol. The van der Waals surface area contributed by atoms with E-state index >= 15 is 0 Å². The number of aromatic nitrogens is 2. The number of benzene rings is 1. The van der Waals surface area contributed by atoms with E-state index in [1.165, 1.54) is 0 Å². The van der Waals surface area contributed by atoms with Crippen LogP contribution in [0.2, 0.25) is 5.02 Å². The molecule has 0 spiro atoms. The number of rotatable bonds is 5. The third kappa shape index (κ3) is 2.96. The lowest BCUT2D eigenvalue weighted by Gasteiger charge is -2.26. The largest absolute Gasteiger partial charge is 0.325 e. The summed E-state index contributed by atoms with van der Waals surface area (Å²) >= 11 is 12.4. The van der Waals surface area contributed by atoms with Gasteiger partial charge in [0, 0.05) is 6.54 Å². The van der Waals surface area contributed by atoms with Crippen LogP contribution in [0.1, 0.15) is 33.5 Å². The third-order valence-electron chi connectivity index (χ3n) is 4.02. The zero-order chi connectivity index (χ0) is 14.9. The van der Waals surface area contributed by atoms with Crippen LogP contribution in [0.15, 0.2) is 18.2 Å². The molecule has 0 aliphatic heterocycles. The van der Waals surface area contributed by atoms with Gasteiger partial charge < -0.3 is 4.57 Å². The second-order valence-corrected chi connectivity index (χ2v) is 6.71. The van der Waals surface area contributed by atoms with Crippen LogP contribution in [-0.4, -0.2) is 9.55 Å². The number of fused-ring (bicyclic) bond motifs is 1. The second kappa shape index (κ2) is 6.36. The van der Waals surface area contributed by atoms with Crippen molar-refractivity contribution >= 4 is 34.2 Å². The van der Waals surface area contributed by atoms with Crippen LogP contribution in [0.4, 0.5) is 0 Å². The first kappa shape index (κ1) is 15.7. The number of hydrogen-bond acceptors (Lipinski definition) is 1. The molecule has 0 aliphatic carbocycles. The van der Waals surface area contributed by atoms with Crippen molar-refractivity contribution in [2.24, 2.45) is 17.8 Å². The van der Waals surface area contributed by atoms with Crippen molar-refractivity contribution in [1.82, 2.24) is 9.55 Å². The number of imidazole rings is 1. The summed E-state index contributed by atoms with van der Waals surface area (Å²) in [4.78, 5) is 4.61. The average molecular weight is 313 g/mol. The van der Waals surface area contributed by atoms with E-state index in [0.29, 0.717) is 23.6 Å². The first-order valence-corrected chi connectivity index (χ1v) is 8.06. The van der Waals surface area contributed by atoms with Crippen molar-refractivity contribution in [3.05, 3.63) is 29.0 Å². The van der Waals surface area contributed by atoms with Crippen molar-refractivity contribution in [2.75, 3.05) is 0 Å². The number of halogens is 2. The Morgan fingerprint density at radius 1 is 1.15 bits per heavy atom. The van der Waals surface area contributed by atoms with E-state index in [1.54, 1.807) is 0 Å². The fourth-order valence-electron chi connectivity index (χ4n) is 2.89. The monoisotopic (exact) mass is 312 g/mol. The van der Waals surface area contributed by atoms with Gasteiger partial charge in [0.2, 0.25) is 0 Å². The van der Waals surface area contributed by atoms with Crippen LogP contribution in [0.25, 0.3) is 11.0 Å². The lowest BCUT2D eigenvalue weighted by atomic mass is 9.85. The van der Waals surface area contributed by atoms with Gasteiger partial charge in [-0.25, -0.2) is 4.98 Å². The Morgan fingerprint density at radius 2 is 1.80 bits per heavy atom. The van der Waals surface area contributed by atoms with Crippen LogP contribution in [-0.2, 0) is 12.4 Å². The van der Waals surface area contributed by atoms with Crippen molar-refractivity contribution in [1.29, 1.82) is 0 Å². The zero-order valence-corrected chi connectivity index (χ0v) is 14.0. The highest BCUT2D eigenvalue weighted by atomic mass is 35.5. The lowest BCUT2D eigenvalue weighted by molar-refractivity contribution is 0.252. The predicted octanol–water partition coefficient (Wildman–Crippen LogP) is 5.36. The molecule has 1 aromatic heterocycles. The molecule has 1 heterocycles. The fraction of sp³-hybridized carbons (Fsp3) is 0.562. The topological polar surface area (TPSA) is 17.8 Å². The van der Waals surface area contributed by atoms with Gasteiger partial charge in [-0.2, -0.15) is 0 Å². The summed E-state index contributed by atoms with van der Waals surface area (Å²) in [5.41, 5.74) is 1.94. The molecule has 1 aromatic carbocycles. The molecule has 0 atom stereocenters. The number of hydrogen-bond donors (Lipinski definition) is 0. The Morgan fingerprint density at radius 3 is 2.35 bits per heavy atom. The highest BCUT2D eigenvalue weighted by molar-refractivity contribution is 6.35. The first-order chi connectivity index (χ1) is 9.45. The van der Waals surface area contributed by atoms with E-state index < -0.39 is 0 Å². The Balaban J connectivity index is 2.51. The summed E-state index contributed by atoms with van der Waals surface area (Å²) < 4.78 is 2.20. The van der Waals surface area contributed by atoms with Crippen molar-refractivity contribution in [2.45, 2.75) is 40.1 Å². The molecule has 20 heavy (non-hydrogen) atoms. The Kier molecular flexibility index (Phi) is 4.98. The number of para-hydroxylation sites is 1. The van der Waals surface area contributed by atoms with Gasteiger partial charge in [0.05, 0.1) is 21.9 Å². The van der Waals surface area contributed by atoms with E-state index in [9.17, 15) is 0 Å². The van der Waals surface area contributed by atoms with Gasteiger partial charge in [0.1, 0.15) is 5.82 Å². The molecule has 0 N–H and O–H groups in total. The van der Waals surface area contributed by atoms with Crippen molar-refractivity contribution < 1.29 is 0 Å². The molecule has 2 aromatic rings. The third-order valence-corrected chi connectivity index (χ3v) is 4.57. The number of nitrogens with zero attached hydrogens (tertiary/aromatic N) is 2. The van der Waals surface area contributed by atoms with Crippen molar-refractivity contribution in [3.8, 4) is 0 Å². The Hall–Kier alpha value is -0.730. The van der Waals surface area contributed by atoms with Gasteiger partial charge in [-0.05, 0) is 29.9 Å². The SMILES string of the molecule is CC(C)C(Cn1c(CCl)nc2cccc(Cl)c21)C(C)C. The molecule has 0 aliphatic rings. The molecule has 0 bridgehead atoms. The molecular formula is C16H22Cl2N2. The number of alkyl halides is 1. The van der Waals surface area contributed by atoms with Gasteiger partial charge in [-0.15, -0.1) is 11.6 Å². The summed E-state index contributed by atoms with van der Waals surface area (Å²) in [6, 6.07) is 5.84. The normalized spacial score (nSPS) is 12.2. The second-order valence-electron chi connectivity index (χ2n) is 6.03. The molecule has 110 valence electrons. The molecule has 4 heteroatoms. The summed E-state index contributed by atoms with van der Waals surface area (Å²) in [5.74, 6) is 3.11. The summed E-state index contributed by atoms with van der Waals surface area (Å²) in [5, 5.41) is 0.748. The molecule has 2 nitrogen and oxygen atoms in total. The maximum Gasteiger partial charge on any atom is 0.124 e.